The Morgan fingerprint density at radius 3 is 2.56 bits per heavy atom. The lowest BCUT2D eigenvalue weighted by Gasteiger charge is -2.04. The smallest absolute Gasteiger partial charge is 0.358 e. The van der Waals surface area contributed by atoms with Gasteiger partial charge in [0, 0.05) is 13.5 Å². The largest absolute Gasteiger partial charge is 0.476 e. The van der Waals surface area contributed by atoms with Crippen LogP contribution in [0.5, 0.6) is 0 Å². The quantitative estimate of drug-likeness (QED) is 0.642. The normalized spacial score (nSPS) is 9.89. The molecular weight excluding hydrogens is 242 g/mol. The number of nitrogens with one attached hydrogen (secondary N) is 2. The highest BCUT2D eigenvalue weighted by molar-refractivity contribution is 5.94. The molecule has 0 fully saturated rings. The molecule has 3 amide bonds. The SMILES string of the molecule is CNC(=O)NC(=O)CCn1nnc(C(=O)O)c1C. The van der Waals surface area contributed by atoms with Crippen LogP contribution in [0.2, 0.25) is 0 Å². The van der Waals surface area contributed by atoms with Gasteiger partial charge < -0.3 is 10.4 Å². The topological polar surface area (TPSA) is 126 Å². The number of carboxylic acid groups (broad SMARTS) is 1. The Bertz CT molecular complexity index is 481. The maximum atomic E-state index is 11.3. The molecule has 0 saturated carbocycles. The third-order valence-electron chi connectivity index (χ3n) is 2.22. The number of amides is 3. The van der Waals surface area contributed by atoms with Gasteiger partial charge in [-0.3, -0.25) is 10.1 Å². The minimum atomic E-state index is -1.17. The Morgan fingerprint density at radius 1 is 1.39 bits per heavy atom. The van der Waals surface area contributed by atoms with Gasteiger partial charge in [0.05, 0.1) is 12.2 Å². The third-order valence-corrected chi connectivity index (χ3v) is 2.22. The van der Waals surface area contributed by atoms with Crippen molar-refractivity contribution in [2.75, 3.05) is 7.05 Å². The average Bonchev–Trinajstić information content (AvgIpc) is 2.68. The summed E-state index contributed by atoms with van der Waals surface area (Å²) in [5, 5.41) is 20.2. The van der Waals surface area contributed by atoms with Crippen LogP contribution in [0.15, 0.2) is 0 Å². The van der Waals surface area contributed by atoms with Crippen LogP contribution in [-0.2, 0) is 11.3 Å². The zero-order valence-corrected chi connectivity index (χ0v) is 9.93. The summed E-state index contributed by atoms with van der Waals surface area (Å²) in [7, 11) is 1.39. The van der Waals surface area contributed by atoms with Crippen LogP contribution < -0.4 is 10.6 Å². The number of aromatic carboxylic acids is 1. The van der Waals surface area contributed by atoms with Gasteiger partial charge in [-0.15, -0.1) is 5.10 Å². The summed E-state index contributed by atoms with van der Waals surface area (Å²) in [6.07, 6.45) is -0.00329. The molecule has 3 N–H and O–H groups in total. The molecule has 9 heteroatoms. The Labute approximate surface area is 102 Å². The Kier molecular flexibility index (Phi) is 4.35. The summed E-state index contributed by atoms with van der Waals surface area (Å²) in [4.78, 5) is 32.8. The summed E-state index contributed by atoms with van der Waals surface area (Å²) in [6.45, 7) is 1.69. The van der Waals surface area contributed by atoms with Crippen molar-refractivity contribution in [3.05, 3.63) is 11.4 Å². The van der Waals surface area contributed by atoms with E-state index < -0.39 is 17.9 Å². The predicted molar refractivity (Wildman–Crippen MR) is 58.9 cm³/mol. The molecule has 18 heavy (non-hydrogen) atoms. The van der Waals surface area contributed by atoms with Gasteiger partial charge in [0.2, 0.25) is 5.91 Å². The molecule has 1 heterocycles. The second-order valence-electron chi connectivity index (χ2n) is 3.43. The average molecular weight is 255 g/mol. The highest BCUT2D eigenvalue weighted by Gasteiger charge is 2.15. The molecule has 0 aromatic carbocycles. The molecule has 0 aliphatic carbocycles. The first-order valence-corrected chi connectivity index (χ1v) is 5.10. The lowest BCUT2D eigenvalue weighted by atomic mass is 10.3. The minimum Gasteiger partial charge on any atom is -0.476 e. The Morgan fingerprint density at radius 2 is 2.06 bits per heavy atom. The Hall–Kier alpha value is -2.45. The molecule has 0 saturated heterocycles. The van der Waals surface area contributed by atoms with Gasteiger partial charge >= 0.3 is 12.0 Å². The van der Waals surface area contributed by atoms with Crippen LogP contribution in [0.3, 0.4) is 0 Å². The molecule has 0 bridgehead atoms. The monoisotopic (exact) mass is 255 g/mol. The minimum absolute atomic E-state index is 0.00329. The van der Waals surface area contributed by atoms with E-state index in [9.17, 15) is 14.4 Å². The summed E-state index contributed by atoms with van der Waals surface area (Å²) in [5.74, 6) is -1.66. The first kappa shape index (κ1) is 13.6. The molecule has 0 spiro atoms. The molecule has 0 atom stereocenters. The van der Waals surface area contributed by atoms with E-state index >= 15 is 0 Å². The number of urea groups is 1. The molecule has 1 aromatic heterocycles. The zero-order valence-electron chi connectivity index (χ0n) is 9.93. The van der Waals surface area contributed by atoms with Crippen LogP contribution in [0.4, 0.5) is 4.79 Å². The van der Waals surface area contributed by atoms with Gasteiger partial charge in [0.25, 0.3) is 0 Å². The highest BCUT2D eigenvalue weighted by atomic mass is 16.4. The number of hydrogen-bond acceptors (Lipinski definition) is 5. The van der Waals surface area contributed by atoms with E-state index in [-0.39, 0.29) is 18.7 Å². The van der Waals surface area contributed by atoms with Gasteiger partial charge in [-0.2, -0.15) is 0 Å². The number of carbonyl (C=O) groups excluding carboxylic acids is 2. The molecule has 1 aromatic rings. The molecule has 0 radical (unpaired) electrons. The van der Waals surface area contributed by atoms with E-state index in [0.717, 1.165) is 0 Å². The van der Waals surface area contributed by atoms with Crippen molar-refractivity contribution >= 4 is 17.9 Å². The van der Waals surface area contributed by atoms with E-state index in [1.165, 1.54) is 11.7 Å². The van der Waals surface area contributed by atoms with E-state index in [1.54, 1.807) is 6.92 Å². The molecule has 9 nitrogen and oxygen atoms in total. The molecule has 0 aliphatic rings. The first-order chi connectivity index (χ1) is 8.45. The summed E-state index contributed by atoms with van der Waals surface area (Å²) in [5.41, 5.74) is 0.206. The van der Waals surface area contributed by atoms with Crippen molar-refractivity contribution in [2.24, 2.45) is 0 Å². The number of rotatable bonds is 4. The van der Waals surface area contributed by atoms with E-state index in [2.05, 4.69) is 20.9 Å². The molecular formula is C9H13N5O4. The van der Waals surface area contributed by atoms with Gasteiger partial charge in [0.15, 0.2) is 5.69 Å². The molecule has 0 unspecified atom stereocenters. The first-order valence-electron chi connectivity index (χ1n) is 5.10. The number of nitrogens with zero attached hydrogens (tertiary/aromatic N) is 3. The van der Waals surface area contributed by atoms with Crippen LogP contribution >= 0.6 is 0 Å². The van der Waals surface area contributed by atoms with Gasteiger partial charge in [-0.25, -0.2) is 14.3 Å². The fraction of sp³-hybridized carbons (Fsp3) is 0.444. The maximum Gasteiger partial charge on any atom is 0.358 e. The predicted octanol–water partition coefficient (Wildman–Crippen LogP) is -0.870. The van der Waals surface area contributed by atoms with Gasteiger partial charge in [-0.1, -0.05) is 5.21 Å². The van der Waals surface area contributed by atoms with Crippen LogP contribution in [0, 0.1) is 6.92 Å². The van der Waals surface area contributed by atoms with Crippen LogP contribution in [-0.4, -0.2) is 45.1 Å². The zero-order chi connectivity index (χ0) is 13.7. The van der Waals surface area contributed by atoms with Crippen LogP contribution in [0.1, 0.15) is 22.6 Å². The highest BCUT2D eigenvalue weighted by Crippen LogP contribution is 2.04. The Balaban J connectivity index is 2.56. The third kappa shape index (κ3) is 3.27. The second-order valence-corrected chi connectivity index (χ2v) is 3.43. The van der Waals surface area contributed by atoms with Crippen molar-refractivity contribution in [2.45, 2.75) is 19.9 Å². The van der Waals surface area contributed by atoms with Crippen molar-refractivity contribution in [1.82, 2.24) is 25.6 Å². The summed E-state index contributed by atoms with van der Waals surface area (Å²) in [6, 6.07) is -0.596. The lowest BCUT2D eigenvalue weighted by molar-refractivity contribution is -0.120. The van der Waals surface area contributed by atoms with Gasteiger partial charge in [0.1, 0.15) is 0 Å². The number of imide groups is 1. The van der Waals surface area contributed by atoms with E-state index in [1.807, 2.05) is 0 Å². The standard InChI is InChI=1S/C9H13N5O4/c1-5-7(8(16)17)12-13-14(5)4-3-6(15)11-9(18)10-2/h3-4H2,1-2H3,(H,16,17)(H2,10,11,15,18). The number of hydrogen-bond donors (Lipinski definition) is 3. The van der Waals surface area contributed by atoms with E-state index in [0.29, 0.717) is 5.69 Å². The van der Waals surface area contributed by atoms with Gasteiger partial charge in [-0.05, 0) is 6.92 Å². The fourth-order valence-corrected chi connectivity index (χ4v) is 1.23. The second kappa shape index (κ2) is 5.75. The lowest BCUT2D eigenvalue weighted by Crippen LogP contribution is -2.37. The number of aryl methyl sites for hydroxylation is 1. The van der Waals surface area contributed by atoms with Crippen molar-refractivity contribution in [3.63, 3.8) is 0 Å². The van der Waals surface area contributed by atoms with Crippen molar-refractivity contribution < 1.29 is 19.5 Å². The number of carboxylic acids is 1. The molecule has 98 valence electrons. The molecule has 0 aliphatic heterocycles. The fourth-order valence-electron chi connectivity index (χ4n) is 1.23. The van der Waals surface area contributed by atoms with E-state index in [4.69, 9.17) is 5.11 Å². The van der Waals surface area contributed by atoms with Crippen molar-refractivity contribution in [3.8, 4) is 0 Å². The summed E-state index contributed by atoms with van der Waals surface area (Å²) < 4.78 is 1.30. The number of aromatic nitrogens is 3. The van der Waals surface area contributed by atoms with Crippen molar-refractivity contribution in [1.29, 1.82) is 0 Å². The maximum absolute atomic E-state index is 11.3. The number of carbonyl (C=O) groups is 3. The molecule has 1 rings (SSSR count). The van der Waals surface area contributed by atoms with Crippen LogP contribution in [0.25, 0.3) is 0 Å². The summed E-state index contributed by atoms with van der Waals surface area (Å²) >= 11 is 0.